The van der Waals surface area contributed by atoms with Crippen LogP contribution in [0.4, 0.5) is 0 Å². The van der Waals surface area contributed by atoms with Gasteiger partial charge in [-0.3, -0.25) is 4.99 Å². The van der Waals surface area contributed by atoms with Gasteiger partial charge in [0.2, 0.25) is 0 Å². The van der Waals surface area contributed by atoms with Gasteiger partial charge in [-0.2, -0.15) is 0 Å². The summed E-state index contributed by atoms with van der Waals surface area (Å²) in [6.07, 6.45) is 3.68. The van der Waals surface area contributed by atoms with Crippen molar-refractivity contribution in [3.05, 3.63) is 15.6 Å². The van der Waals surface area contributed by atoms with Crippen LogP contribution in [0.25, 0.3) is 0 Å². The number of aliphatic imine (C=N–C) groups is 1. The Labute approximate surface area is 156 Å². The molecule has 0 spiro atoms. The lowest BCUT2D eigenvalue weighted by Gasteiger charge is -2.18. The van der Waals surface area contributed by atoms with E-state index in [1.54, 1.807) is 11.3 Å². The molecular formula is C16H31IN4S. The van der Waals surface area contributed by atoms with Gasteiger partial charge in [0.25, 0.3) is 0 Å². The van der Waals surface area contributed by atoms with Gasteiger partial charge in [-0.05, 0) is 32.1 Å². The van der Waals surface area contributed by atoms with Gasteiger partial charge >= 0.3 is 0 Å². The van der Waals surface area contributed by atoms with Crippen molar-refractivity contribution < 1.29 is 0 Å². The predicted octanol–water partition coefficient (Wildman–Crippen LogP) is 4.26. The van der Waals surface area contributed by atoms with Gasteiger partial charge in [0.05, 0.1) is 12.2 Å². The molecule has 0 fully saturated rings. The first-order chi connectivity index (χ1) is 9.81. The number of thiazole rings is 1. The molecule has 4 nitrogen and oxygen atoms in total. The molecule has 0 aliphatic heterocycles. The Hall–Kier alpha value is -0.370. The van der Waals surface area contributed by atoms with Crippen molar-refractivity contribution in [1.29, 1.82) is 0 Å². The molecule has 0 aliphatic rings. The third-order valence-corrected chi connectivity index (χ3v) is 4.42. The fraction of sp³-hybridized carbons (Fsp3) is 0.750. The van der Waals surface area contributed by atoms with E-state index in [9.17, 15) is 0 Å². The molecule has 22 heavy (non-hydrogen) atoms. The molecule has 0 amide bonds. The Morgan fingerprint density at radius 1 is 1.18 bits per heavy atom. The maximum atomic E-state index is 4.53. The van der Waals surface area contributed by atoms with Crippen molar-refractivity contribution in [3.8, 4) is 0 Å². The Bertz CT molecular complexity index is 444. The molecule has 1 rings (SSSR count). The normalized spacial score (nSPS) is 12.0. The van der Waals surface area contributed by atoms with E-state index in [2.05, 4.69) is 55.2 Å². The summed E-state index contributed by atoms with van der Waals surface area (Å²) < 4.78 is 0. The Morgan fingerprint density at radius 3 is 2.36 bits per heavy atom. The van der Waals surface area contributed by atoms with Gasteiger partial charge < -0.3 is 10.6 Å². The quantitative estimate of drug-likeness (QED) is 0.302. The molecule has 6 heteroatoms. The van der Waals surface area contributed by atoms with Crippen molar-refractivity contribution in [1.82, 2.24) is 15.6 Å². The van der Waals surface area contributed by atoms with Crippen LogP contribution >= 0.6 is 35.3 Å². The average molecular weight is 438 g/mol. The minimum Gasteiger partial charge on any atom is -0.356 e. The van der Waals surface area contributed by atoms with E-state index in [1.165, 1.54) is 24.1 Å². The first-order valence-corrected chi connectivity index (χ1v) is 8.51. The standard InChI is InChI=1S/C16H30N4S.HI/c1-12-13(2)21-14(20-12)11-19-15(17-6)18-10-8-7-9-16(3,4)5;/h7-11H2,1-6H3,(H2,17,18,19);1H. The number of hydrogen-bond donors (Lipinski definition) is 2. The van der Waals surface area contributed by atoms with E-state index in [-0.39, 0.29) is 24.0 Å². The van der Waals surface area contributed by atoms with Crippen molar-refractivity contribution in [2.45, 2.75) is 60.4 Å². The van der Waals surface area contributed by atoms with E-state index in [0.717, 1.165) is 29.8 Å². The third kappa shape index (κ3) is 8.92. The summed E-state index contributed by atoms with van der Waals surface area (Å²) in [7, 11) is 1.81. The van der Waals surface area contributed by atoms with Crippen LogP contribution in [-0.2, 0) is 6.54 Å². The van der Waals surface area contributed by atoms with Gasteiger partial charge in [0.1, 0.15) is 5.01 Å². The summed E-state index contributed by atoms with van der Waals surface area (Å²) >= 11 is 1.75. The molecular weight excluding hydrogens is 407 g/mol. The second-order valence-corrected chi connectivity index (χ2v) is 7.91. The van der Waals surface area contributed by atoms with Crippen LogP contribution in [0.2, 0.25) is 0 Å². The lowest BCUT2D eigenvalue weighted by molar-refractivity contribution is 0.360. The summed E-state index contributed by atoms with van der Waals surface area (Å²) in [5.74, 6) is 0.858. The van der Waals surface area contributed by atoms with Crippen molar-refractivity contribution in [2.75, 3.05) is 13.6 Å². The molecule has 1 aromatic heterocycles. The number of unbranched alkanes of at least 4 members (excludes halogenated alkanes) is 1. The van der Waals surface area contributed by atoms with E-state index in [0.29, 0.717) is 5.41 Å². The first-order valence-electron chi connectivity index (χ1n) is 7.69. The second kappa shape index (κ2) is 10.4. The highest BCUT2D eigenvalue weighted by atomic mass is 127. The lowest BCUT2D eigenvalue weighted by Crippen LogP contribution is -2.37. The number of guanidine groups is 1. The zero-order valence-electron chi connectivity index (χ0n) is 14.7. The lowest BCUT2D eigenvalue weighted by atomic mass is 9.90. The Kier molecular flexibility index (Phi) is 10.2. The molecule has 0 saturated carbocycles. The molecule has 128 valence electrons. The van der Waals surface area contributed by atoms with E-state index in [4.69, 9.17) is 0 Å². The molecule has 1 heterocycles. The molecule has 2 N–H and O–H groups in total. The maximum absolute atomic E-state index is 4.53. The third-order valence-electron chi connectivity index (χ3n) is 3.35. The van der Waals surface area contributed by atoms with Crippen LogP contribution in [0, 0.1) is 19.3 Å². The molecule has 0 bridgehead atoms. The predicted molar refractivity (Wildman–Crippen MR) is 109 cm³/mol. The zero-order valence-corrected chi connectivity index (χ0v) is 17.9. The van der Waals surface area contributed by atoms with Gasteiger partial charge in [0, 0.05) is 18.5 Å². The fourth-order valence-corrected chi connectivity index (χ4v) is 2.86. The van der Waals surface area contributed by atoms with Gasteiger partial charge in [-0.15, -0.1) is 35.3 Å². The highest BCUT2D eigenvalue weighted by Crippen LogP contribution is 2.21. The highest BCUT2D eigenvalue weighted by molar-refractivity contribution is 14.0. The number of aryl methyl sites for hydroxylation is 2. The van der Waals surface area contributed by atoms with Crippen LogP contribution in [0.5, 0.6) is 0 Å². The minimum absolute atomic E-state index is 0. The van der Waals surface area contributed by atoms with E-state index in [1.807, 2.05) is 7.05 Å². The summed E-state index contributed by atoms with van der Waals surface area (Å²) in [6, 6.07) is 0. The van der Waals surface area contributed by atoms with Crippen LogP contribution in [-0.4, -0.2) is 24.5 Å². The number of hydrogen-bond acceptors (Lipinski definition) is 3. The maximum Gasteiger partial charge on any atom is 0.191 e. The van der Waals surface area contributed by atoms with Crippen LogP contribution in [0.15, 0.2) is 4.99 Å². The summed E-state index contributed by atoms with van der Waals surface area (Å²) in [5.41, 5.74) is 1.56. The van der Waals surface area contributed by atoms with Crippen LogP contribution < -0.4 is 10.6 Å². The Balaban J connectivity index is 0.00000441. The first kappa shape index (κ1) is 21.6. The topological polar surface area (TPSA) is 49.3 Å². The number of halogens is 1. The second-order valence-electron chi connectivity index (χ2n) is 6.62. The molecule has 0 aromatic carbocycles. The molecule has 0 aliphatic carbocycles. The van der Waals surface area contributed by atoms with Crippen LogP contribution in [0.1, 0.15) is 55.6 Å². The summed E-state index contributed by atoms with van der Waals surface area (Å²) in [4.78, 5) is 10.1. The molecule has 0 unspecified atom stereocenters. The average Bonchev–Trinajstić information content (AvgIpc) is 2.71. The van der Waals surface area contributed by atoms with Gasteiger partial charge in [-0.1, -0.05) is 27.2 Å². The molecule has 0 atom stereocenters. The monoisotopic (exact) mass is 438 g/mol. The van der Waals surface area contributed by atoms with Crippen molar-refractivity contribution in [2.24, 2.45) is 10.4 Å². The smallest absolute Gasteiger partial charge is 0.191 e. The van der Waals surface area contributed by atoms with Gasteiger partial charge in [0.15, 0.2) is 5.96 Å². The minimum atomic E-state index is 0. The highest BCUT2D eigenvalue weighted by Gasteiger charge is 2.09. The van der Waals surface area contributed by atoms with Crippen molar-refractivity contribution in [3.63, 3.8) is 0 Å². The number of rotatable bonds is 6. The summed E-state index contributed by atoms with van der Waals surface area (Å²) in [6.45, 7) is 12.7. The Morgan fingerprint density at radius 2 is 1.86 bits per heavy atom. The van der Waals surface area contributed by atoms with Crippen molar-refractivity contribution >= 4 is 41.3 Å². The molecule has 1 aromatic rings. The van der Waals surface area contributed by atoms with Crippen LogP contribution in [0.3, 0.4) is 0 Å². The largest absolute Gasteiger partial charge is 0.356 e. The van der Waals surface area contributed by atoms with Gasteiger partial charge in [-0.25, -0.2) is 4.98 Å². The number of nitrogens with one attached hydrogen (secondary N) is 2. The van der Waals surface area contributed by atoms with E-state index < -0.39 is 0 Å². The number of nitrogens with zero attached hydrogens (tertiary/aromatic N) is 2. The fourth-order valence-electron chi connectivity index (χ4n) is 1.98. The summed E-state index contributed by atoms with van der Waals surface area (Å²) in [5, 5.41) is 7.80. The SMILES string of the molecule is CN=C(NCCCCC(C)(C)C)NCc1nc(C)c(C)s1.I. The molecule has 0 saturated heterocycles. The number of aromatic nitrogens is 1. The molecule has 0 radical (unpaired) electrons. The zero-order chi connectivity index (χ0) is 15.9. The van der Waals surface area contributed by atoms with E-state index >= 15 is 0 Å².